The number of benzene rings is 9. The third-order valence-corrected chi connectivity index (χ3v) is 31.9. The predicted octanol–water partition coefficient (Wildman–Crippen LogP) is 17.4. The molecule has 8 saturated carbocycles. The molecule has 0 aliphatic heterocycles. The fourth-order valence-corrected chi connectivity index (χ4v) is 29.9. The molecule has 0 heterocycles. The first-order valence-corrected chi connectivity index (χ1v) is 35.4. The van der Waals surface area contributed by atoms with Crippen LogP contribution >= 0.6 is 0 Å². The molecule has 394 valence electrons. The Kier molecular flexibility index (Phi) is 12.0. The van der Waals surface area contributed by atoms with Crippen molar-refractivity contribution in [1.82, 2.24) is 0 Å². The average Bonchev–Trinajstić information content (AvgIpc) is 2.81. The second kappa shape index (κ2) is 18.8. The van der Waals surface area contributed by atoms with Crippen LogP contribution in [0.4, 0.5) is 0 Å². The Hall–Kier alpha value is -6.59. The van der Waals surface area contributed by atoms with Crippen molar-refractivity contribution in [3.8, 4) is 0 Å². The van der Waals surface area contributed by atoms with E-state index in [1.165, 1.54) is 77.0 Å². The van der Waals surface area contributed by atoms with E-state index in [1.807, 2.05) is 0 Å². The Morgan fingerprint density at radius 2 is 0.367 bits per heavy atom. The van der Waals surface area contributed by atoms with Crippen molar-refractivity contribution < 1.29 is 0 Å². The van der Waals surface area contributed by atoms with Gasteiger partial charge in [0.2, 0.25) is 0 Å². The summed E-state index contributed by atoms with van der Waals surface area (Å²) in [6.07, 6.45) is 15.4. The highest BCUT2D eigenvalue weighted by Gasteiger charge is 2.75. The van der Waals surface area contributed by atoms with Crippen LogP contribution in [0.25, 0.3) is 0 Å². The van der Waals surface area contributed by atoms with E-state index in [0.29, 0.717) is 5.04 Å². The van der Waals surface area contributed by atoms with Gasteiger partial charge in [-0.3, -0.25) is 0 Å². The summed E-state index contributed by atoms with van der Waals surface area (Å²) in [5, 5.41) is 5.19. The quantitative estimate of drug-likeness (QED) is 0.0895. The van der Waals surface area contributed by atoms with Crippen LogP contribution in [0.1, 0.15) is 110 Å². The lowest BCUT2D eigenvalue weighted by Gasteiger charge is -2.74. The van der Waals surface area contributed by atoms with E-state index in [4.69, 9.17) is 0 Å². The summed E-state index contributed by atoms with van der Waals surface area (Å²) in [6, 6.07) is 105. The predicted molar refractivity (Wildman–Crippen MR) is 337 cm³/mol. The largest absolute Gasteiger partial charge is 0.154 e. The van der Waals surface area contributed by atoms with Crippen LogP contribution in [0.2, 0.25) is 29.7 Å². The minimum Gasteiger partial charge on any atom is -0.0691 e. The highest BCUT2D eigenvalue weighted by molar-refractivity contribution is 7.13. The average molecular weight is 1060 g/mol. The molecule has 2 heteroatoms. The topological polar surface area (TPSA) is 0 Å². The van der Waals surface area contributed by atoms with Gasteiger partial charge in [0.1, 0.15) is 0 Å². The first-order valence-electron chi connectivity index (χ1n) is 29.9. The van der Waals surface area contributed by atoms with Crippen LogP contribution in [-0.2, 0) is 32.5 Å². The van der Waals surface area contributed by atoms with Crippen molar-refractivity contribution in [2.24, 2.45) is 0 Å². The lowest BCUT2D eigenvalue weighted by molar-refractivity contribution is -0.0444. The maximum Gasteiger partial charge on any atom is 0.154 e. The Morgan fingerprint density at radius 3 is 0.544 bits per heavy atom. The van der Waals surface area contributed by atoms with Crippen LogP contribution in [0.3, 0.4) is 0 Å². The summed E-state index contributed by atoms with van der Waals surface area (Å²) >= 11 is 0. The highest BCUT2D eigenvalue weighted by Crippen LogP contribution is 2.81. The maximum absolute atomic E-state index is 2.71. The number of hydrogen-bond acceptors (Lipinski definition) is 0. The molecular weight excluding hydrogens is 981 g/mol. The molecule has 0 saturated heterocycles. The summed E-state index contributed by atoms with van der Waals surface area (Å²) in [5.41, 5.74) is 10.5. The van der Waals surface area contributed by atoms with Crippen LogP contribution < -0.4 is 15.6 Å². The lowest BCUT2D eigenvalue weighted by Crippen LogP contribution is -2.80. The lowest BCUT2D eigenvalue weighted by atomic mass is 9.36. The van der Waals surface area contributed by atoms with Gasteiger partial charge in [-0.25, -0.2) is 0 Å². The molecule has 8 bridgehead atoms. The SMILES string of the molecule is C[Si](C)(C)C12CC3(c4ccccc4)CC(c4ccccc4)(CC(c4ccccc4)(C3)C1)C2.c1ccc(C23CC4(c5ccccc5)CC(c5ccccc5)(C2)CC([Si](c2ccccc2)(c2ccccc2)c2ccccc2)(C3)C4)cc1. The van der Waals surface area contributed by atoms with Gasteiger partial charge in [-0.1, -0.05) is 293 Å². The Labute approximate surface area is 474 Å². The van der Waals surface area contributed by atoms with E-state index in [-0.39, 0.29) is 37.5 Å². The van der Waals surface area contributed by atoms with Gasteiger partial charge in [0, 0.05) is 0 Å². The Morgan fingerprint density at radius 1 is 0.203 bits per heavy atom. The summed E-state index contributed by atoms with van der Waals surface area (Å²) in [7, 11) is -4.16. The molecule has 79 heavy (non-hydrogen) atoms. The van der Waals surface area contributed by atoms with E-state index >= 15 is 0 Å². The minimum absolute atomic E-state index is 0.0628. The van der Waals surface area contributed by atoms with Gasteiger partial charge < -0.3 is 0 Å². The van der Waals surface area contributed by atoms with Crippen molar-refractivity contribution in [3.05, 3.63) is 306 Å². The summed E-state index contributed by atoms with van der Waals surface area (Å²) in [6.45, 7) is 7.99. The Balaban J connectivity index is 0.000000154. The molecule has 8 aliphatic rings. The molecule has 0 spiro atoms. The van der Waals surface area contributed by atoms with Crippen molar-refractivity contribution in [1.29, 1.82) is 0 Å². The maximum atomic E-state index is 2.66. The molecule has 0 unspecified atom stereocenters. The number of rotatable bonds is 11. The van der Waals surface area contributed by atoms with Gasteiger partial charge in [-0.05, 0) is 169 Å². The summed E-state index contributed by atoms with van der Waals surface area (Å²) in [5.74, 6) is 0. The Bertz CT molecular complexity index is 3160. The summed E-state index contributed by atoms with van der Waals surface area (Å²) in [4.78, 5) is 0. The normalized spacial score (nSPS) is 31.0. The van der Waals surface area contributed by atoms with Gasteiger partial charge in [0.15, 0.2) is 8.07 Å². The first kappa shape index (κ1) is 50.6. The van der Waals surface area contributed by atoms with E-state index < -0.39 is 16.1 Å². The third kappa shape index (κ3) is 7.85. The van der Waals surface area contributed by atoms with Gasteiger partial charge >= 0.3 is 0 Å². The molecule has 9 aromatic rings. The van der Waals surface area contributed by atoms with E-state index in [1.54, 1.807) is 48.9 Å². The van der Waals surface area contributed by atoms with Crippen LogP contribution in [0, 0.1) is 0 Å². The molecule has 0 aromatic heterocycles. The van der Waals surface area contributed by atoms with Crippen molar-refractivity contribution in [3.63, 3.8) is 0 Å². The second-order valence-corrected chi connectivity index (χ2v) is 37.5. The van der Waals surface area contributed by atoms with Gasteiger partial charge in [0.05, 0.1) is 8.07 Å². The standard InChI is InChI=1S/C46H42Si.C31H36Si/c1-7-19-37(20-8-1)43-31-44(38-21-9-2-10-22-38)33-45(32-43,39-23-11-3-12-24-39)36-46(34-43,35-44)47(40-25-13-4-14-26-40,41-27-15-5-16-28-41)42-29-17-6-18-30-42;1-32(2,3)31-22-28(25-13-7-4-8-14-25)19-29(23-31,26-15-9-5-10-16-26)21-30(20-28,24-31)27-17-11-6-12-18-27/h1-30H,31-36H2;4-18H,19-24H2,1-3H3. The van der Waals surface area contributed by atoms with Crippen molar-refractivity contribution in [2.45, 2.75) is 139 Å². The second-order valence-electron chi connectivity index (χ2n) is 27.7. The zero-order valence-electron chi connectivity index (χ0n) is 47.0. The van der Waals surface area contributed by atoms with Gasteiger partial charge in [0.25, 0.3) is 0 Å². The molecule has 8 aliphatic carbocycles. The highest BCUT2D eigenvalue weighted by atomic mass is 28.3. The van der Waals surface area contributed by atoms with E-state index in [9.17, 15) is 0 Å². The zero-order chi connectivity index (χ0) is 53.5. The van der Waals surface area contributed by atoms with Crippen LogP contribution in [0.5, 0.6) is 0 Å². The smallest absolute Gasteiger partial charge is 0.0691 e. The molecule has 9 aromatic carbocycles. The molecule has 17 rings (SSSR count). The van der Waals surface area contributed by atoms with Crippen molar-refractivity contribution in [2.75, 3.05) is 0 Å². The number of hydrogen-bond donors (Lipinski definition) is 0. The molecule has 0 amide bonds. The fourth-order valence-electron chi connectivity index (χ4n) is 20.5. The molecule has 0 radical (unpaired) electrons. The van der Waals surface area contributed by atoms with Crippen LogP contribution in [0.15, 0.2) is 273 Å². The van der Waals surface area contributed by atoms with E-state index in [2.05, 4.69) is 293 Å². The first-order chi connectivity index (χ1) is 38.4. The fraction of sp³-hybridized carbons (Fsp3) is 0.299. The molecule has 0 atom stereocenters. The van der Waals surface area contributed by atoms with Crippen LogP contribution in [-0.4, -0.2) is 16.1 Å². The molecule has 0 nitrogen and oxygen atoms in total. The van der Waals surface area contributed by atoms with Gasteiger partial charge in [-0.2, -0.15) is 0 Å². The molecular formula is C77H78Si2. The monoisotopic (exact) mass is 1060 g/mol. The van der Waals surface area contributed by atoms with Crippen molar-refractivity contribution >= 4 is 31.7 Å². The molecule has 8 fully saturated rings. The third-order valence-electron chi connectivity index (χ3n) is 22.4. The zero-order valence-corrected chi connectivity index (χ0v) is 49.0. The van der Waals surface area contributed by atoms with Gasteiger partial charge in [-0.15, -0.1) is 0 Å². The van der Waals surface area contributed by atoms with E-state index in [0.717, 1.165) is 0 Å². The minimum atomic E-state index is -2.71. The molecule has 0 N–H and O–H groups in total. The summed E-state index contributed by atoms with van der Waals surface area (Å²) < 4.78 is 0.